The van der Waals surface area contributed by atoms with Crippen molar-refractivity contribution in [2.75, 3.05) is 19.4 Å². The van der Waals surface area contributed by atoms with Gasteiger partial charge in [0.15, 0.2) is 10.8 Å². The summed E-state index contributed by atoms with van der Waals surface area (Å²) in [4.78, 5) is 55.8. The first-order valence-corrected chi connectivity index (χ1v) is 12.3. The van der Waals surface area contributed by atoms with Crippen LogP contribution in [0.25, 0.3) is 0 Å². The van der Waals surface area contributed by atoms with Gasteiger partial charge in [-0.05, 0) is 17.7 Å². The molecule has 1 fully saturated rings. The molecule has 37 heavy (non-hydrogen) atoms. The summed E-state index contributed by atoms with van der Waals surface area (Å²) >= 11 is 1.01. The molecule has 1 aromatic heterocycles. The Kier molecular flexibility index (Phi) is 8.20. The van der Waals surface area contributed by atoms with Crippen molar-refractivity contribution < 1.29 is 41.9 Å². The summed E-state index contributed by atoms with van der Waals surface area (Å²) in [5, 5.41) is 20.3. The molecule has 0 bridgehead atoms. The Morgan fingerprint density at radius 2 is 2.03 bits per heavy atom. The Labute approximate surface area is 212 Å². The quantitative estimate of drug-likeness (QED) is 0.0941. The van der Waals surface area contributed by atoms with Gasteiger partial charge in [-0.15, -0.1) is 11.3 Å². The summed E-state index contributed by atoms with van der Waals surface area (Å²) in [6.45, 7) is -0.820. The molecule has 1 aliphatic rings. The van der Waals surface area contributed by atoms with E-state index in [-0.39, 0.29) is 33.1 Å². The molecule has 1 saturated heterocycles. The number of oxime groups is 1. The zero-order valence-electron chi connectivity index (χ0n) is 18.8. The van der Waals surface area contributed by atoms with Crippen LogP contribution in [0.1, 0.15) is 11.3 Å². The highest BCUT2D eigenvalue weighted by molar-refractivity contribution is 7.84. The first-order chi connectivity index (χ1) is 17.4. The molecule has 1 aliphatic heterocycles. The van der Waals surface area contributed by atoms with Crippen LogP contribution in [0.2, 0.25) is 0 Å². The topological polar surface area (TPSA) is 246 Å². The van der Waals surface area contributed by atoms with E-state index in [4.69, 9.17) is 10.5 Å². The summed E-state index contributed by atoms with van der Waals surface area (Å²) < 4.78 is 37.7. The van der Waals surface area contributed by atoms with Gasteiger partial charge >= 0.3 is 16.4 Å². The fourth-order valence-corrected chi connectivity index (χ4v) is 4.59. The number of non-ortho nitro benzene ring substituents is 1. The first-order valence-electron chi connectivity index (χ1n) is 10.0. The van der Waals surface area contributed by atoms with E-state index in [0.29, 0.717) is 5.56 Å². The SMILES string of the molecule is CON=C(C(=O)N[C@@H]1C(=O)N(S(=O)(=O)O)[C@@H]1CNC(=O)OCc1ccc([N+](=O)[O-])cc1)c1csc(N)n1. The molecule has 0 aliphatic carbocycles. The van der Waals surface area contributed by atoms with Crippen molar-refractivity contribution in [2.24, 2.45) is 5.16 Å². The van der Waals surface area contributed by atoms with E-state index >= 15 is 0 Å². The van der Waals surface area contributed by atoms with Gasteiger partial charge in [0.05, 0.1) is 11.0 Å². The van der Waals surface area contributed by atoms with Crippen molar-refractivity contribution in [3.05, 3.63) is 51.0 Å². The molecule has 0 radical (unpaired) electrons. The van der Waals surface area contributed by atoms with E-state index in [0.717, 1.165) is 18.4 Å². The molecule has 5 N–H and O–H groups in total. The number of carbonyl (C=O) groups excluding carboxylic acids is 3. The summed E-state index contributed by atoms with van der Waals surface area (Å²) in [5.74, 6) is -2.14. The lowest BCUT2D eigenvalue weighted by Gasteiger charge is -2.44. The zero-order chi connectivity index (χ0) is 27.3. The lowest BCUT2D eigenvalue weighted by Crippen LogP contribution is -2.74. The van der Waals surface area contributed by atoms with Gasteiger partial charge in [0.2, 0.25) is 0 Å². The molecule has 198 valence electrons. The van der Waals surface area contributed by atoms with Gasteiger partial charge in [-0.2, -0.15) is 8.42 Å². The van der Waals surface area contributed by atoms with E-state index in [2.05, 4.69) is 25.6 Å². The molecule has 0 saturated carbocycles. The number of β-lactam (4-membered cyclic amide) rings is 1. The summed E-state index contributed by atoms with van der Waals surface area (Å²) in [6.07, 6.45) is -1.03. The standard InChI is InChI=1S/C18H19N7O10S2/c1-34-23-13(11-8-36-17(19)21-11)15(26)22-14-12(24(16(14)27)37(31,32)33)6-20-18(28)35-7-9-2-4-10(5-3-9)25(29)30/h2-5,8,12,14H,6-7H2,1H3,(H2,19,21)(H,20,28)(H,22,26)(H,31,32,33)/t12-,14+/m1/s1. The van der Waals surface area contributed by atoms with Gasteiger partial charge in [0.25, 0.3) is 17.5 Å². The third-order valence-electron chi connectivity index (χ3n) is 4.84. The lowest BCUT2D eigenvalue weighted by atomic mass is 9.98. The Morgan fingerprint density at radius 1 is 1.35 bits per heavy atom. The Balaban J connectivity index is 1.65. The number of aromatic nitrogens is 1. The number of nitrogens with zero attached hydrogens (tertiary/aromatic N) is 4. The van der Waals surface area contributed by atoms with Gasteiger partial charge in [-0.3, -0.25) is 24.3 Å². The molecule has 3 amide bonds. The number of nitrogen functional groups attached to an aromatic ring is 1. The van der Waals surface area contributed by atoms with Crippen molar-refractivity contribution in [2.45, 2.75) is 18.7 Å². The van der Waals surface area contributed by atoms with Crippen LogP contribution < -0.4 is 16.4 Å². The molecule has 0 spiro atoms. The fourth-order valence-electron chi connectivity index (χ4n) is 3.17. The number of rotatable bonds is 10. The molecular weight excluding hydrogens is 538 g/mol. The van der Waals surface area contributed by atoms with Crippen LogP contribution in [0.5, 0.6) is 0 Å². The maximum atomic E-state index is 12.7. The maximum absolute atomic E-state index is 12.7. The second-order valence-corrected chi connectivity index (χ2v) is 9.38. The van der Waals surface area contributed by atoms with Gasteiger partial charge in [0.1, 0.15) is 25.5 Å². The van der Waals surface area contributed by atoms with E-state index in [9.17, 15) is 37.5 Å². The van der Waals surface area contributed by atoms with Crippen molar-refractivity contribution in [1.29, 1.82) is 0 Å². The van der Waals surface area contributed by atoms with Crippen molar-refractivity contribution in [3.8, 4) is 0 Å². The molecule has 1 aromatic carbocycles. The predicted octanol–water partition coefficient (Wildman–Crippen LogP) is -0.591. The number of nitro groups is 1. The first kappa shape index (κ1) is 27.2. The van der Waals surface area contributed by atoms with E-state index in [1.54, 1.807) is 0 Å². The number of carbonyl (C=O) groups is 3. The molecule has 19 heteroatoms. The highest BCUT2D eigenvalue weighted by atomic mass is 32.2. The predicted molar refractivity (Wildman–Crippen MR) is 125 cm³/mol. The number of hydrogen-bond donors (Lipinski definition) is 4. The Bertz CT molecular complexity index is 1340. The minimum Gasteiger partial charge on any atom is -0.445 e. The van der Waals surface area contributed by atoms with Gasteiger partial charge in [-0.25, -0.2) is 14.1 Å². The zero-order valence-corrected chi connectivity index (χ0v) is 20.4. The van der Waals surface area contributed by atoms with Crippen LogP contribution in [0.3, 0.4) is 0 Å². The molecule has 0 unspecified atom stereocenters. The van der Waals surface area contributed by atoms with Crippen LogP contribution in [0, 0.1) is 10.1 Å². The van der Waals surface area contributed by atoms with Crippen LogP contribution in [0.15, 0.2) is 34.8 Å². The highest BCUT2D eigenvalue weighted by Crippen LogP contribution is 2.24. The normalized spacial score (nSPS) is 17.5. The highest BCUT2D eigenvalue weighted by Gasteiger charge is 2.54. The van der Waals surface area contributed by atoms with Gasteiger partial charge in [0, 0.05) is 24.1 Å². The maximum Gasteiger partial charge on any atom is 0.407 e. The number of nitrogens with two attached hydrogens (primary N) is 1. The molecule has 3 rings (SSSR count). The number of anilines is 1. The van der Waals surface area contributed by atoms with Crippen LogP contribution in [-0.4, -0.2) is 76.5 Å². The van der Waals surface area contributed by atoms with Gasteiger partial charge in [-0.1, -0.05) is 5.16 Å². The third-order valence-corrected chi connectivity index (χ3v) is 6.46. The monoisotopic (exact) mass is 557 g/mol. The van der Waals surface area contributed by atoms with Crippen molar-refractivity contribution >= 4 is 56.1 Å². The van der Waals surface area contributed by atoms with Crippen LogP contribution in [-0.2, 0) is 36.1 Å². The molecule has 17 nitrogen and oxygen atoms in total. The van der Waals surface area contributed by atoms with E-state index in [1.807, 2.05) is 0 Å². The van der Waals surface area contributed by atoms with Crippen molar-refractivity contribution in [1.82, 2.24) is 19.9 Å². The fraction of sp³-hybridized carbons (Fsp3) is 0.278. The summed E-state index contributed by atoms with van der Waals surface area (Å²) in [7, 11) is -3.86. The number of nitrogens with one attached hydrogen (secondary N) is 2. The van der Waals surface area contributed by atoms with Crippen molar-refractivity contribution in [3.63, 3.8) is 0 Å². The molecule has 2 atom stereocenters. The number of benzene rings is 1. The second-order valence-electron chi connectivity index (χ2n) is 7.20. The molecular formula is C18H19N7O10S2. The summed E-state index contributed by atoms with van der Waals surface area (Å²) in [6, 6.07) is 2.28. The second kappa shape index (κ2) is 11.1. The largest absolute Gasteiger partial charge is 0.445 e. The van der Waals surface area contributed by atoms with Crippen LogP contribution >= 0.6 is 11.3 Å². The van der Waals surface area contributed by atoms with Crippen LogP contribution in [0.4, 0.5) is 15.6 Å². The van der Waals surface area contributed by atoms with Gasteiger partial charge < -0.3 is 25.9 Å². The number of nitro benzene ring substituents is 1. The number of thiazole rings is 1. The average molecular weight is 558 g/mol. The Morgan fingerprint density at radius 3 is 2.57 bits per heavy atom. The Hall–Kier alpha value is -4.36. The third kappa shape index (κ3) is 6.45. The lowest BCUT2D eigenvalue weighted by molar-refractivity contribution is -0.384. The number of alkyl carbamates (subject to hydrolysis) is 1. The summed E-state index contributed by atoms with van der Waals surface area (Å²) in [5.41, 5.74) is 5.50. The minimum atomic E-state index is -5.02. The number of hydrogen-bond acceptors (Lipinski definition) is 13. The average Bonchev–Trinajstić information content (AvgIpc) is 3.26. The molecule has 2 heterocycles. The van der Waals surface area contributed by atoms with E-state index < -0.39 is 51.8 Å². The molecule has 2 aromatic rings. The number of ether oxygens (including phenoxy) is 1. The van der Waals surface area contributed by atoms with E-state index in [1.165, 1.54) is 29.6 Å². The number of amides is 3. The smallest absolute Gasteiger partial charge is 0.407 e. The minimum absolute atomic E-state index is 0.0322.